The molecule has 0 spiro atoms. The van der Waals surface area contributed by atoms with E-state index in [0.717, 1.165) is 16.7 Å². The summed E-state index contributed by atoms with van der Waals surface area (Å²) in [7, 11) is 1.59. The Morgan fingerprint density at radius 1 is 1.03 bits per heavy atom. The highest BCUT2D eigenvalue weighted by molar-refractivity contribution is 5.95. The second-order valence-electron chi connectivity index (χ2n) is 8.18. The van der Waals surface area contributed by atoms with E-state index in [4.69, 9.17) is 20.3 Å². The zero-order valence-electron chi connectivity index (χ0n) is 19.4. The Labute approximate surface area is 203 Å². The molecule has 3 N–H and O–H groups in total. The van der Waals surface area contributed by atoms with Crippen LogP contribution >= 0.6 is 0 Å². The molecule has 176 valence electrons. The molecule has 5 rings (SSSR count). The third kappa shape index (κ3) is 4.33. The maximum absolute atomic E-state index is 12.6. The number of allylic oxidation sites excluding steroid dienone is 1. The largest absolute Gasteiger partial charge is 0.493 e. The van der Waals surface area contributed by atoms with Gasteiger partial charge in [-0.1, -0.05) is 66.7 Å². The van der Waals surface area contributed by atoms with Gasteiger partial charge in [0.2, 0.25) is 11.9 Å². The molecule has 0 bridgehead atoms. The molecule has 1 atom stereocenters. The van der Waals surface area contributed by atoms with Gasteiger partial charge < -0.3 is 20.5 Å². The average molecular weight is 468 g/mol. The van der Waals surface area contributed by atoms with E-state index in [1.807, 2.05) is 85.8 Å². The number of primary amides is 1. The van der Waals surface area contributed by atoms with Crippen LogP contribution in [0.15, 0.2) is 90.1 Å². The summed E-state index contributed by atoms with van der Waals surface area (Å²) < 4.78 is 13.3. The smallest absolute Gasteiger partial charge is 0.248 e. The first kappa shape index (κ1) is 22.2. The number of benzene rings is 3. The first-order valence-electron chi connectivity index (χ1n) is 11.2. The molecule has 35 heavy (non-hydrogen) atoms. The minimum Gasteiger partial charge on any atom is -0.493 e. The zero-order chi connectivity index (χ0) is 24.4. The maximum atomic E-state index is 12.6. The van der Waals surface area contributed by atoms with Gasteiger partial charge in [0.15, 0.2) is 17.3 Å². The highest BCUT2D eigenvalue weighted by Crippen LogP contribution is 2.39. The van der Waals surface area contributed by atoms with E-state index < -0.39 is 11.9 Å². The van der Waals surface area contributed by atoms with Crippen LogP contribution in [-0.4, -0.2) is 27.8 Å². The van der Waals surface area contributed by atoms with Crippen molar-refractivity contribution < 1.29 is 14.3 Å². The highest BCUT2D eigenvalue weighted by Gasteiger charge is 2.34. The lowest BCUT2D eigenvalue weighted by atomic mass is 9.95. The topological polar surface area (TPSA) is 104 Å². The van der Waals surface area contributed by atoms with Crippen LogP contribution in [0.25, 0.3) is 11.4 Å². The number of carbonyl (C=O) groups excluding carboxylic acids is 1. The normalized spacial score (nSPS) is 14.7. The van der Waals surface area contributed by atoms with E-state index >= 15 is 0 Å². The summed E-state index contributed by atoms with van der Waals surface area (Å²) in [5, 5.41) is 7.92. The minimum absolute atomic E-state index is 0.372. The van der Waals surface area contributed by atoms with Crippen molar-refractivity contribution in [2.45, 2.75) is 19.6 Å². The molecule has 8 heteroatoms. The number of carbonyl (C=O) groups is 1. The number of ether oxygens (including phenoxy) is 2. The Balaban J connectivity index is 1.58. The van der Waals surface area contributed by atoms with Crippen molar-refractivity contribution >= 4 is 11.9 Å². The summed E-state index contributed by atoms with van der Waals surface area (Å²) in [4.78, 5) is 17.2. The van der Waals surface area contributed by atoms with Crippen molar-refractivity contribution in [3.05, 3.63) is 101 Å². The van der Waals surface area contributed by atoms with Crippen molar-refractivity contribution in [2.24, 2.45) is 5.73 Å². The highest BCUT2D eigenvalue weighted by atomic mass is 16.5. The molecule has 1 aromatic heterocycles. The molecular formula is C27H25N5O3. The second kappa shape index (κ2) is 9.34. The first-order valence-corrected chi connectivity index (χ1v) is 11.2. The van der Waals surface area contributed by atoms with E-state index in [1.54, 1.807) is 11.8 Å². The molecular weight excluding hydrogens is 442 g/mol. The summed E-state index contributed by atoms with van der Waals surface area (Å²) in [6.07, 6.45) is 0. The van der Waals surface area contributed by atoms with Crippen molar-refractivity contribution in [3.63, 3.8) is 0 Å². The van der Waals surface area contributed by atoms with E-state index in [2.05, 4.69) is 10.3 Å². The number of anilines is 1. The number of fused-ring (bicyclic) bond motifs is 1. The molecule has 0 saturated heterocycles. The number of nitrogens with zero attached hydrogens (tertiary/aromatic N) is 3. The van der Waals surface area contributed by atoms with E-state index in [9.17, 15) is 4.79 Å². The average Bonchev–Trinajstić information content (AvgIpc) is 3.31. The molecule has 1 aliphatic heterocycles. The van der Waals surface area contributed by atoms with Crippen molar-refractivity contribution in [2.75, 3.05) is 12.4 Å². The fourth-order valence-electron chi connectivity index (χ4n) is 4.20. The van der Waals surface area contributed by atoms with Gasteiger partial charge in [0.1, 0.15) is 12.6 Å². The number of hydrogen-bond donors (Lipinski definition) is 2. The molecule has 1 amide bonds. The van der Waals surface area contributed by atoms with E-state index in [0.29, 0.717) is 41.1 Å². The Hall–Kier alpha value is -4.59. The summed E-state index contributed by atoms with van der Waals surface area (Å²) in [6.45, 7) is 2.18. The molecule has 1 unspecified atom stereocenters. The van der Waals surface area contributed by atoms with Crippen LogP contribution in [-0.2, 0) is 11.4 Å². The number of amides is 1. The molecule has 1 aliphatic rings. The van der Waals surface area contributed by atoms with Crippen LogP contribution in [0.2, 0.25) is 0 Å². The van der Waals surface area contributed by atoms with Crippen LogP contribution in [0, 0.1) is 0 Å². The summed E-state index contributed by atoms with van der Waals surface area (Å²) in [5.41, 5.74) is 9.54. The lowest BCUT2D eigenvalue weighted by Gasteiger charge is -2.28. The van der Waals surface area contributed by atoms with Crippen molar-refractivity contribution in [3.8, 4) is 22.9 Å². The van der Waals surface area contributed by atoms with Crippen LogP contribution in [0.1, 0.15) is 24.1 Å². The molecule has 0 saturated carbocycles. The van der Waals surface area contributed by atoms with Gasteiger partial charge in [0.25, 0.3) is 0 Å². The van der Waals surface area contributed by atoms with E-state index in [1.165, 1.54) is 0 Å². The monoisotopic (exact) mass is 467 g/mol. The summed E-state index contributed by atoms with van der Waals surface area (Å²) in [5.74, 6) is 1.68. The molecule has 4 aromatic rings. The zero-order valence-corrected chi connectivity index (χ0v) is 19.4. The number of aromatic nitrogens is 3. The molecule has 8 nitrogen and oxygen atoms in total. The Bertz CT molecular complexity index is 1400. The van der Waals surface area contributed by atoms with Crippen LogP contribution < -0.4 is 20.5 Å². The molecule has 3 aromatic carbocycles. The minimum atomic E-state index is -0.585. The Kier molecular flexibility index (Phi) is 5.93. The Morgan fingerprint density at radius 2 is 1.74 bits per heavy atom. The summed E-state index contributed by atoms with van der Waals surface area (Å²) in [6, 6.07) is 24.5. The first-order chi connectivity index (χ1) is 17.0. The number of nitrogens with two attached hydrogens (primary N) is 1. The van der Waals surface area contributed by atoms with Gasteiger partial charge in [-0.15, -0.1) is 5.10 Å². The SMILES string of the molecule is COc1ccc(C2C(C(N)=O)=C(C)Nc3nc(-c4ccccc4)nn32)cc1OCc1ccccc1. The van der Waals surface area contributed by atoms with Crippen molar-refractivity contribution in [1.82, 2.24) is 14.8 Å². The quantitative estimate of drug-likeness (QED) is 0.420. The van der Waals surface area contributed by atoms with Crippen LogP contribution in [0.3, 0.4) is 0 Å². The maximum Gasteiger partial charge on any atom is 0.248 e. The summed E-state index contributed by atoms with van der Waals surface area (Å²) >= 11 is 0. The third-order valence-electron chi connectivity index (χ3n) is 5.89. The number of methoxy groups -OCH3 is 1. The number of rotatable bonds is 7. The third-order valence-corrected chi connectivity index (χ3v) is 5.89. The molecule has 0 fully saturated rings. The fourth-order valence-corrected chi connectivity index (χ4v) is 4.20. The van der Waals surface area contributed by atoms with E-state index in [-0.39, 0.29) is 0 Å². The van der Waals surface area contributed by atoms with Gasteiger partial charge in [-0.3, -0.25) is 4.79 Å². The van der Waals surface area contributed by atoms with Gasteiger partial charge >= 0.3 is 0 Å². The van der Waals surface area contributed by atoms with Crippen LogP contribution in [0.4, 0.5) is 5.95 Å². The number of hydrogen-bond acceptors (Lipinski definition) is 6. The molecule has 0 aliphatic carbocycles. The van der Waals surface area contributed by atoms with Crippen molar-refractivity contribution in [1.29, 1.82) is 0 Å². The predicted molar refractivity (Wildman–Crippen MR) is 133 cm³/mol. The lowest BCUT2D eigenvalue weighted by Crippen LogP contribution is -2.31. The molecule has 2 heterocycles. The predicted octanol–water partition coefficient (Wildman–Crippen LogP) is 4.31. The van der Waals surface area contributed by atoms with Gasteiger partial charge in [0.05, 0.1) is 12.7 Å². The van der Waals surface area contributed by atoms with Gasteiger partial charge in [-0.25, -0.2) is 4.68 Å². The molecule has 0 radical (unpaired) electrons. The van der Waals surface area contributed by atoms with Crippen LogP contribution in [0.5, 0.6) is 11.5 Å². The standard InChI is InChI=1S/C27H25N5O3/c1-17-23(25(28)33)24(32-27(29-17)30-26(31-32)19-11-7-4-8-12-19)20-13-14-21(34-2)22(15-20)35-16-18-9-5-3-6-10-18/h3-15,24H,16H2,1-2H3,(H2,28,33)(H,29,30,31). The van der Waals surface area contributed by atoms with Gasteiger partial charge in [0, 0.05) is 11.3 Å². The second-order valence-corrected chi connectivity index (χ2v) is 8.18. The number of nitrogens with one attached hydrogen (secondary N) is 1. The Morgan fingerprint density at radius 3 is 2.43 bits per heavy atom. The lowest BCUT2D eigenvalue weighted by molar-refractivity contribution is -0.115. The van der Waals surface area contributed by atoms with Gasteiger partial charge in [-0.05, 0) is 30.2 Å². The van der Waals surface area contributed by atoms with Gasteiger partial charge in [-0.2, -0.15) is 4.98 Å². The fraction of sp³-hybridized carbons (Fsp3) is 0.148.